The van der Waals surface area contributed by atoms with Gasteiger partial charge in [-0.05, 0) is 32.6 Å². The summed E-state index contributed by atoms with van der Waals surface area (Å²) in [5.74, 6) is -0.380. The van der Waals surface area contributed by atoms with Crippen LogP contribution in [-0.4, -0.2) is 31.0 Å². The number of aromatic nitrogens is 1. The highest BCUT2D eigenvalue weighted by Crippen LogP contribution is 2.33. The van der Waals surface area contributed by atoms with Crippen LogP contribution < -0.4 is 4.72 Å². The standard InChI is InChI=1S/C13H20N2O4S/c1-8-11(13(16)17)15-9(2)12(8)20(18,19)14-7-3-4-10-5-6-10/h10,14-15H,3-7H2,1-2H3,(H,16,17). The molecule has 20 heavy (non-hydrogen) atoms. The first-order valence-corrected chi connectivity index (χ1v) is 8.23. The average molecular weight is 300 g/mol. The van der Waals surface area contributed by atoms with Crippen molar-refractivity contribution >= 4 is 16.0 Å². The summed E-state index contributed by atoms with van der Waals surface area (Å²) in [5.41, 5.74) is 0.542. The van der Waals surface area contributed by atoms with Gasteiger partial charge < -0.3 is 10.1 Å². The first-order valence-electron chi connectivity index (χ1n) is 6.75. The highest BCUT2D eigenvalue weighted by Gasteiger charge is 2.26. The number of carbonyl (C=O) groups is 1. The van der Waals surface area contributed by atoms with Crippen LogP contribution in [0.4, 0.5) is 0 Å². The SMILES string of the molecule is Cc1[nH]c(C(=O)O)c(C)c1S(=O)(=O)NCCCC1CC1. The van der Waals surface area contributed by atoms with Crippen LogP contribution in [0.3, 0.4) is 0 Å². The molecule has 1 aliphatic rings. The number of hydrogen-bond acceptors (Lipinski definition) is 3. The van der Waals surface area contributed by atoms with Gasteiger partial charge in [-0.1, -0.05) is 12.8 Å². The number of sulfonamides is 1. The van der Waals surface area contributed by atoms with Gasteiger partial charge in [-0.15, -0.1) is 0 Å². The molecule has 1 saturated carbocycles. The molecule has 0 aromatic carbocycles. The molecule has 0 saturated heterocycles. The van der Waals surface area contributed by atoms with E-state index in [9.17, 15) is 13.2 Å². The average Bonchev–Trinajstić information content (AvgIpc) is 3.10. The fourth-order valence-electron chi connectivity index (χ4n) is 2.43. The van der Waals surface area contributed by atoms with E-state index >= 15 is 0 Å². The van der Waals surface area contributed by atoms with E-state index in [1.807, 2.05) is 0 Å². The molecule has 1 aromatic heterocycles. The van der Waals surface area contributed by atoms with Crippen molar-refractivity contribution in [3.63, 3.8) is 0 Å². The van der Waals surface area contributed by atoms with Gasteiger partial charge in [0.25, 0.3) is 0 Å². The Balaban J connectivity index is 2.09. The number of hydrogen-bond donors (Lipinski definition) is 3. The van der Waals surface area contributed by atoms with Gasteiger partial charge in [-0.3, -0.25) is 0 Å². The highest BCUT2D eigenvalue weighted by molar-refractivity contribution is 7.89. The summed E-state index contributed by atoms with van der Waals surface area (Å²) in [7, 11) is -3.66. The molecule has 6 nitrogen and oxygen atoms in total. The van der Waals surface area contributed by atoms with Crippen molar-refractivity contribution in [2.45, 2.75) is 44.4 Å². The molecule has 0 amide bonds. The van der Waals surface area contributed by atoms with Crippen molar-refractivity contribution in [2.75, 3.05) is 6.54 Å². The van der Waals surface area contributed by atoms with Gasteiger partial charge in [0.15, 0.2) is 0 Å². The molecule has 7 heteroatoms. The maximum Gasteiger partial charge on any atom is 0.352 e. The minimum Gasteiger partial charge on any atom is -0.477 e. The summed E-state index contributed by atoms with van der Waals surface area (Å²) < 4.78 is 27.0. The van der Waals surface area contributed by atoms with Crippen molar-refractivity contribution in [3.8, 4) is 0 Å². The lowest BCUT2D eigenvalue weighted by Crippen LogP contribution is -2.25. The first-order chi connectivity index (χ1) is 9.33. The van der Waals surface area contributed by atoms with E-state index in [0.29, 0.717) is 12.2 Å². The molecule has 0 aliphatic heterocycles. The van der Waals surface area contributed by atoms with Crippen LogP contribution in [0.25, 0.3) is 0 Å². The summed E-state index contributed by atoms with van der Waals surface area (Å²) in [4.78, 5) is 13.7. The van der Waals surface area contributed by atoms with E-state index in [4.69, 9.17) is 5.11 Å². The van der Waals surface area contributed by atoms with Gasteiger partial charge in [0.2, 0.25) is 10.0 Å². The van der Waals surface area contributed by atoms with E-state index in [2.05, 4.69) is 9.71 Å². The number of carboxylic acid groups (broad SMARTS) is 1. The van der Waals surface area contributed by atoms with Crippen LogP contribution >= 0.6 is 0 Å². The Labute approximate surface area is 118 Å². The quantitative estimate of drug-likeness (QED) is 0.668. The lowest BCUT2D eigenvalue weighted by Gasteiger charge is -2.07. The smallest absolute Gasteiger partial charge is 0.352 e. The van der Waals surface area contributed by atoms with Crippen molar-refractivity contribution in [1.29, 1.82) is 0 Å². The second kappa shape index (κ2) is 5.57. The summed E-state index contributed by atoms with van der Waals surface area (Å²) in [6, 6.07) is 0. The summed E-state index contributed by atoms with van der Waals surface area (Å²) in [6.07, 6.45) is 4.38. The Morgan fingerprint density at radius 3 is 2.55 bits per heavy atom. The molecule has 1 aliphatic carbocycles. The van der Waals surface area contributed by atoms with Crippen LogP contribution in [0, 0.1) is 19.8 Å². The van der Waals surface area contributed by atoms with Crippen LogP contribution in [0.1, 0.15) is 47.4 Å². The predicted molar refractivity (Wildman–Crippen MR) is 74.4 cm³/mol. The topological polar surface area (TPSA) is 99.3 Å². The second-order valence-electron chi connectivity index (χ2n) is 5.37. The number of H-pyrrole nitrogens is 1. The monoisotopic (exact) mass is 300 g/mol. The molecular formula is C13H20N2O4S. The van der Waals surface area contributed by atoms with E-state index in [0.717, 1.165) is 18.8 Å². The van der Waals surface area contributed by atoms with Crippen molar-refractivity contribution in [2.24, 2.45) is 5.92 Å². The number of aromatic amines is 1. The van der Waals surface area contributed by atoms with Crippen LogP contribution in [-0.2, 0) is 10.0 Å². The van der Waals surface area contributed by atoms with Crippen molar-refractivity contribution in [3.05, 3.63) is 17.0 Å². The number of aromatic carboxylic acids is 1. The van der Waals surface area contributed by atoms with Gasteiger partial charge in [0.05, 0.1) is 0 Å². The van der Waals surface area contributed by atoms with Gasteiger partial charge >= 0.3 is 5.97 Å². The van der Waals surface area contributed by atoms with Gasteiger partial charge in [-0.25, -0.2) is 17.9 Å². The fourth-order valence-corrected chi connectivity index (χ4v) is 3.94. The third-order valence-corrected chi connectivity index (χ3v) is 5.36. The van der Waals surface area contributed by atoms with Crippen LogP contribution in [0.2, 0.25) is 0 Å². The summed E-state index contributed by atoms with van der Waals surface area (Å²) in [6.45, 7) is 3.47. The Morgan fingerprint density at radius 2 is 2.05 bits per heavy atom. The zero-order valence-electron chi connectivity index (χ0n) is 11.7. The zero-order valence-corrected chi connectivity index (χ0v) is 12.5. The maximum absolute atomic E-state index is 12.2. The molecule has 0 atom stereocenters. The van der Waals surface area contributed by atoms with E-state index in [1.165, 1.54) is 19.8 Å². The Bertz CT molecular complexity index is 615. The third kappa shape index (κ3) is 3.21. The third-order valence-electron chi connectivity index (χ3n) is 3.63. The van der Waals surface area contributed by atoms with Gasteiger partial charge in [0, 0.05) is 17.8 Å². The lowest BCUT2D eigenvalue weighted by atomic mass is 10.2. The molecular weight excluding hydrogens is 280 g/mol. The maximum atomic E-state index is 12.2. The molecule has 2 rings (SSSR count). The second-order valence-corrected chi connectivity index (χ2v) is 7.07. The van der Waals surface area contributed by atoms with E-state index in [1.54, 1.807) is 6.92 Å². The highest BCUT2D eigenvalue weighted by atomic mass is 32.2. The Kier molecular flexibility index (Phi) is 4.19. The zero-order chi connectivity index (χ0) is 14.9. The predicted octanol–water partition coefficient (Wildman–Crippen LogP) is 1.80. The minimum absolute atomic E-state index is 0.0568. The summed E-state index contributed by atoms with van der Waals surface area (Å²) in [5, 5.41) is 9.00. The fraction of sp³-hybridized carbons (Fsp3) is 0.615. The van der Waals surface area contributed by atoms with E-state index < -0.39 is 16.0 Å². The lowest BCUT2D eigenvalue weighted by molar-refractivity contribution is 0.0690. The van der Waals surface area contributed by atoms with Crippen LogP contribution in [0.5, 0.6) is 0 Å². The van der Waals surface area contributed by atoms with Gasteiger partial charge in [-0.2, -0.15) is 0 Å². The Hall–Kier alpha value is -1.34. The first kappa shape index (κ1) is 15.1. The molecule has 0 bridgehead atoms. The molecule has 3 N–H and O–H groups in total. The number of carboxylic acids is 1. The summed E-state index contributed by atoms with van der Waals surface area (Å²) >= 11 is 0. The number of nitrogens with one attached hydrogen (secondary N) is 2. The molecule has 112 valence electrons. The molecule has 1 heterocycles. The molecule has 1 aromatic rings. The van der Waals surface area contributed by atoms with Gasteiger partial charge in [0.1, 0.15) is 10.6 Å². The molecule has 0 spiro atoms. The van der Waals surface area contributed by atoms with Crippen molar-refractivity contribution in [1.82, 2.24) is 9.71 Å². The molecule has 0 radical (unpaired) electrons. The minimum atomic E-state index is -3.66. The molecule has 1 fully saturated rings. The largest absolute Gasteiger partial charge is 0.477 e. The van der Waals surface area contributed by atoms with Crippen LogP contribution in [0.15, 0.2) is 4.90 Å². The normalized spacial score (nSPS) is 15.5. The Morgan fingerprint density at radius 1 is 1.40 bits per heavy atom. The molecule has 0 unspecified atom stereocenters. The van der Waals surface area contributed by atoms with Crippen molar-refractivity contribution < 1.29 is 18.3 Å². The van der Waals surface area contributed by atoms with E-state index in [-0.39, 0.29) is 16.2 Å². The number of rotatable bonds is 7. The number of aryl methyl sites for hydroxylation is 1.